The summed E-state index contributed by atoms with van der Waals surface area (Å²) in [6.07, 6.45) is 0. The van der Waals surface area contributed by atoms with E-state index in [2.05, 4.69) is 32.9 Å². The zero-order chi connectivity index (χ0) is 13.1. The van der Waals surface area contributed by atoms with Crippen LogP contribution >= 0.6 is 0 Å². The first-order chi connectivity index (χ1) is 7.98. The van der Waals surface area contributed by atoms with Crippen LogP contribution in [0.4, 0.5) is 0 Å². The zero-order valence-electron chi connectivity index (χ0n) is 11.6. The van der Waals surface area contributed by atoms with Crippen LogP contribution in [0.1, 0.15) is 22.3 Å². The normalized spacial score (nSPS) is 11.9. The molecule has 0 fully saturated rings. The molecule has 0 aliphatic heterocycles. The molecule has 1 aromatic carbocycles. The first-order valence-corrected chi connectivity index (χ1v) is 7.63. The van der Waals surface area contributed by atoms with Gasteiger partial charge in [-0.3, -0.25) is 0 Å². The molecule has 4 heteroatoms. The molecule has 1 rings (SSSR count). The molecule has 0 heterocycles. The van der Waals surface area contributed by atoms with Crippen LogP contribution in [0.5, 0.6) is 0 Å². The topological polar surface area (TPSA) is 27.7 Å². The van der Waals surface area contributed by atoms with Crippen molar-refractivity contribution in [3.8, 4) is 0 Å². The van der Waals surface area contributed by atoms with Crippen LogP contribution in [0.25, 0.3) is 0 Å². The SMILES string of the molecule is CO[Si](Cc1cc(C)cc(C)c1C)(OC)OC. The number of hydrogen-bond donors (Lipinski definition) is 0. The van der Waals surface area contributed by atoms with Crippen molar-refractivity contribution in [2.24, 2.45) is 0 Å². The summed E-state index contributed by atoms with van der Waals surface area (Å²) in [4.78, 5) is 0. The third kappa shape index (κ3) is 3.16. The fraction of sp³-hybridized carbons (Fsp3) is 0.538. The van der Waals surface area contributed by atoms with Crippen LogP contribution in [0.3, 0.4) is 0 Å². The summed E-state index contributed by atoms with van der Waals surface area (Å²) in [7, 11) is 2.41. The van der Waals surface area contributed by atoms with Crippen LogP contribution in [-0.2, 0) is 19.3 Å². The Balaban J connectivity index is 3.09. The van der Waals surface area contributed by atoms with Gasteiger partial charge in [-0.25, -0.2) is 0 Å². The van der Waals surface area contributed by atoms with Gasteiger partial charge in [0, 0.05) is 27.4 Å². The predicted octanol–water partition coefficient (Wildman–Crippen LogP) is 2.57. The van der Waals surface area contributed by atoms with Gasteiger partial charge in [-0.15, -0.1) is 0 Å². The van der Waals surface area contributed by atoms with E-state index in [-0.39, 0.29) is 0 Å². The molecule has 0 aromatic heterocycles. The first kappa shape index (κ1) is 14.4. The monoisotopic (exact) mass is 254 g/mol. The van der Waals surface area contributed by atoms with E-state index < -0.39 is 8.80 Å². The van der Waals surface area contributed by atoms with E-state index in [4.69, 9.17) is 13.3 Å². The van der Waals surface area contributed by atoms with Gasteiger partial charge in [-0.05, 0) is 37.5 Å². The maximum absolute atomic E-state index is 5.47. The van der Waals surface area contributed by atoms with Gasteiger partial charge in [-0.1, -0.05) is 17.7 Å². The fourth-order valence-corrected chi connectivity index (χ4v) is 3.78. The Labute approximate surface area is 105 Å². The Bertz CT molecular complexity index is 378. The Morgan fingerprint density at radius 2 is 1.47 bits per heavy atom. The average Bonchev–Trinajstić information content (AvgIpc) is 2.32. The number of aryl methyl sites for hydroxylation is 2. The van der Waals surface area contributed by atoms with Crippen molar-refractivity contribution in [3.63, 3.8) is 0 Å². The van der Waals surface area contributed by atoms with Crippen LogP contribution in [0.15, 0.2) is 12.1 Å². The molecular formula is C13H22O3Si. The smallest absolute Gasteiger partial charge is 0.377 e. The van der Waals surface area contributed by atoms with Crippen LogP contribution in [-0.4, -0.2) is 30.1 Å². The maximum atomic E-state index is 5.47. The molecule has 3 nitrogen and oxygen atoms in total. The Hall–Kier alpha value is -0.683. The van der Waals surface area contributed by atoms with E-state index in [9.17, 15) is 0 Å². The van der Waals surface area contributed by atoms with Crippen molar-refractivity contribution in [3.05, 3.63) is 34.4 Å². The minimum Gasteiger partial charge on any atom is -0.377 e. The minimum absolute atomic E-state index is 0.713. The molecule has 0 saturated carbocycles. The largest absolute Gasteiger partial charge is 0.504 e. The second kappa shape index (κ2) is 5.77. The molecule has 0 atom stereocenters. The summed E-state index contributed by atoms with van der Waals surface area (Å²) in [5, 5.41) is 0. The molecule has 1 aromatic rings. The molecule has 0 amide bonds. The molecule has 0 unspecified atom stereocenters. The number of rotatable bonds is 5. The highest BCUT2D eigenvalue weighted by Gasteiger charge is 2.38. The Kier molecular flexibility index (Phi) is 4.88. The van der Waals surface area contributed by atoms with Crippen molar-refractivity contribution >= 4 is 8.80 Å². The van der Waals surface area contributed by atoms with Gasteiger partial charge < -0.3 is 13.3 Å². The third-order valence-electron chi connectivity index (χ3n) is 3.26. The van der Waals surface area contributed by atoms with Crippen molar-refractivity contribution in [2.45, 2.75) is 26.8 Å². The van der Waals surface area contributed by atoms with Gasteiger partial charge in [-0.2, -0.15) is 0 Å². The summed E-state index contributed by atoms with van der Waals surface area (Å²) in [6.45, 7) is 6.36. The quantitative estimate of drug-likeness (QED) is 0.756. The van der Waals surface area contributed by atoms with Gasteiger partial charge in [0.1, 0.15) is 0 Å². The lowest BCUT2D eigenvalue weighted by atomic mass is 10.0. The van der Waals surface area contributed by atoms with Crippen molar-refractivity contribution in [1.29, 1.82) is 0 Å². The van der Waals surface area contributed by atoms with Crippen molar-refractivity contribution in [2.75, 3.05) is 21.3 Å². The van der Waals surface area contributed by atoms with Gasteiger partial charge in [0.2, 0.25) is 0 Å². The van der Waals surface area contributed by atoms with E-state index in [1.165, 1.54) is 22.3 Å². The molecule has 0 saturated heterocycles. The number of hydrogen-bond acceptors (Lipinski definition) is 3. The Morgan fingerprint density at radius 1 is 0.941 bits per heavy atom. The number of benzene rings is 1. The van der Waals surface area contributed by atoms with Gasteiger partial charge in [0.05, 0.1) is 0 Å². The third-order valence-corrected chi connectivity index (χ3v) is 5.94. The standard InChI is InChI=1S/C13H22O3Si/c1-10-7-11(2)12(3)13(8-10)9-17(14-4,15-5)16-6/h7-8H,9H2,1-6H3. The molecule has 0 radical (unpaired) electrons. The molecule has 0 aliphatic rings. The van der Waals surface area contributed by atoms with Crippen LogP contribution < -0.4 is 0 Å². The van der Waals surface area contributed by atoms with Gasteiger partial charge in [0.15, 0.2) is 0 Å². The average molecular weight is 254 g/mol. The highest BCUT2D eigenvalue weighted by atomic mass is 28.4. The first-order valence-electron chi connectivity index (χ1n) is 5.70. The lowest BCUT2D eigenvalue weighted by Crippen LogP contribution is -2.45. The van der Waals surface area contributed by atoms with Crippen LogP contribution in [0, 0.1) is 20.8 Å². The molecule has 17 heavy (non-hydrogen) atoms. The predicted molar refractivity (Wildman–Crippen MR) is 71.1 cm³/mol. The summed E-state index contributed by atoms with van der Waals surface area (Å²) >= 11 is 0. The van der Waals surface area contributed by atoms with E-state index in [0.29, 0.717) is 6.04 Å². The second-order valence-electron chi connectivity index (χ2n) is 4.34. The van der Waals surface area contributed by atoms with E-state index >= 15 is 0 Å². The van der Waals surface area contributed by atoms with E-state index in [1.807, 2.05) is 0 Å². The van der Waals surface area contributed by atoms with Crippen LogP contribution in [0.2, 0.25) is 0 Å². The fourth-order valence-electron chi connectivity index (χ4n) is 2.01. The minimum atomic E-state index is -2.54. The summed E-state index contributed by atoms with van der Waals surface area (Å²) in [6, 6.07) is 5.08. The molecular weight excluding hydrogens is 232 g/mol. The van der Waals surface area contributed by atoms with Gasteiger partial charge in [0.25, 0.3) is 0 Å². The maximum Gasteiger partial charge on any atom is 0.504 e. The highest BCUT2D eigenvalue weighted by Crippen LogP contribution is 2.21. The van der Waals surface area contributed by atoms with Crippen molar-refractivity contribution in [1.82, 2.24) is 0 Å². The molecule has 0 spiro atoms. The second-order valence-corrected chi connectivity index (χ2v) is 7.28. The van der Waals surface area contributed by atoms with E-state index in [1.54, 1.807) is 21.3 Å². The Morgan fingerprint density at radius 3 is 1.94 bits per heavy atom. The molecule has 96 valence electrons. The van der Waals surface area contributed by atoms with E-state index in [0.717, 1.165) is 0 Å². The van der Waals surface area contributed by atoms with Crippen molar-refractivity contribution < 1.29 is 13.3 Å². The lowest BCUT2D eigenvalue weighted by molar-refractivity contribution is 0.122. The summed E-state index contributed by atoms with van der Waals surface area (Å²) in [5.41, 5.74) is 5.10. The van der Waals surface area contributed by atoms with Gasteiger partial charge >= 0.3 is 8.80 Å². The molecule has 0 bridgehead atoms. The summed E-state index contributed by atoms with van der Waals surface area (Å²) in [5.74, 6) is 0. The molecule has 0 aliphatic carbocycles. The highest BCUT2D eigenvalue weighted by molar-refractivity contribution is 6.60. The lowest BCUT2D eigenvalue weighted by Gasteiger charge is -2.25. The summed E-state index contributed by atoms with van der Waals surface area (Å²) < 4.78 is 16.4. The zero-order valence-corrected chi connectivity index (χ0v) is 12.6. The molecule has 0 N–H and O–H groups in total.